The van der Waals surface area contributed by atoms with Crippen molar-refractivity contribution >= 4 is 41.8 Å². The Kier molecular flexibility index (Phi) is 4.90. The minimum atomic E-state index is -3.84. The molecule has 0 amide bonds. The average molecular weight is 400 g/mol. The first-order chi connectivity index (χ1) is 9.70. The minimum Gasteiger partial charge on any atom is -0.379 e. The van der Waals surface area contributed by atoms with Crippen LogP contribution in [0.5, 0.6) is 0 Å². The van der Waals surface area contributed by atoms with Gasteiger partial charge in [-0.3, -0.25) is 4.72 Å². The summed E-state index contributed by atoms with van der Waals surface area (Å²) in [6, 6.07) is 3.81. The molecule has 11 heteroatoms. The number of morpholine rings is 1. The summed E-state index contributed by atoms with van der Waals surface area (Å²) in [5.41, 5.74) is 0.230. The number of ether oxygens (including phenoxy) is 1. The summed E-state index contributed by atoms with van der Waals surface area (Å²) < 4.78 is 55.9. The molecule has 21 heavy (non-hydrogen) atoms. The van der Waals surface area contributed by atoms with Gasteiger partial charge in [-0.25, -0.2) is 13.6 Å². The van der Waals surface area contributed by atoms with Crippen LogP contribution in [0.2, 0.25) is 0 Å². The van der Waals surface area contributed by atoms with Crippen molar-refractivity contribution in [3.8, 4) is 0 Å². The van der Waals surface area contributed by atoms with E-state index in [0.717, 1.165) is 0 Å². The standard InChI is InChI=1S/C10H14BrN3O5S2/c11-9-7-8(20(12,15)16)1-2-10(9)13-21(17,18)14-3-5-19-6-4-14/h1-2,7,13H,3-6H2,(H2,12,15,16). The second-order valence-electron chi connectivity index (χ2n) is 4.31. The first kappa shape index (κ1) is 16.6. The summed E-state index contributed by atoms with van der Waals surface area (Å²) in [4.78, 5) is -0.108. The highest BCUT2D eigenvalue weighted by Gasteiger charge is 2.25. The van der Waals surface area contributed by atoms with Crippen LogP contribution in [0.1, 0.15) is 0 Å². The van der Waals surface area contributed by atoms with E-state index in [2.05, 4.69) is 20.7 Å². The van der Waals surface area contributed by atoms with E-state index < -0.39 is 20.2 Å². The Labute approximate surface area is 131 Å². The first-order valence-electron chi connectivity index (χ1n) is 5.88. The Morgan fingerprint density at radius 1 is 1.19 bits per heavy atom. The molecule has 1 saturated heterocycles. The predicted octanol–water partition coefficient (Wildman–Crippen LogP) is 0.0854. The van der Waals surface area contributed by atoms with Gasteiger partial charge >= 0.3 is 10.2 Å². The zero-order valence-electron chi connectivity index (χ0n) is 10.8. The van der Waals surface area contributed by atoms with Gasteiger partial charge in [0.05, 0.1) is 23.8 Å². The number of nitrogens with zero attached hydrogens (tertiary/aromatic N) is 1. The van der Waals surface area contributed by atoms with Crippen molar-refractivity contribution in [2.75, 3.05) is 31.0 Å². The van der Waals surface area contributed by atoms with Gasteiger partial charge in [-0.2, -0.15) is 12.7 Å². The van der Waals surface area contributed by atoms with E-state index in [0.29, 0.717) is 13.2 Å². The van der Waals surface area contributed by atoms with Gasteiger partial charge in [0.2, 0.25) is 10.0 Å². The highest BCUT2D eigenvalue weighted by Crippen LogP contribution is 2.26. The van der Waals surface area contributed by atoms with Crippen molar-refractivity contribution in [1.29, 1.82) is 0 Å². The van der Waals surface area contributed by atoms with Crippen LogP contribution in [0.4, 0.5) is 5.69 Å². The Hall–Kier alpha value is -0.720. The fourth-order valence-corrected chi connectivity index (χ4v) is 4.26. The fourth-order valence-electron chi connectivity index (χ4n) is 1.75. The smallest absolute Gasteiger partial charge is 0.301 e. The van der Waals surface area contributed by atoms with Gasteiger partial charge in [0.25, 0.3) is 0 Å². The molecule has 0 saturated carbocycles. The molecule has 0 atom stereocenters. The second kappa shape index (κ2) is 6.18. The zero-order chi connectivity index (χ0) is 15.7. The van der Waals surface area contributed by atoms with E-state index >= 15 is 0 Å². The van der Waals surface area contributed by atoms with Crippen molar-refractivity contribution in [2.24, 2.45) is 5.14 Å². The summed E-state index contributed by atoms with van der Waals surface area (Å²) in [6.45, 7) is 1.21. The second-order valence-corrected chi connectivity index (χ2v) is 8.39. The van der Waals surface area contributed by atoms with Crippen LogP contribution >= 0.6 is 15.9 Å². The van der Waals surface area contributed by atoms with E-state index in [9.17, 15) is 16.8 Å². The highest BCUT2D eigenvalue weighted by atomic mass is 79.9. The molecule has 1 aliphatic heterocycles. The molecule has 118 valence electrons. The zero-order valence-corrected chi connectivity index (χ0v) is 14.0. The average Bonchev–Trinajstić information content (AvgIpc) is 2.41. The number of hydrogen-bond donors (Lipinski definition) is 2. The number of primary sulfonamides is 1. The number of sulfonamides is 1. The van der Waals surface area contributed by atoms with Gasteiger partial charge in [0.15, 0.2) is 0 Å². The van der Waals surface area contributed by atoms with Crippen LogP contribution < -0.4 is 9.86 Å². The summed E-state index contributed by atoms with van der Waals surface area (Å²) >= 11 is 3.13. The lowest BCUT2D eigenvalue weighted by Gasteiger charge is -2.26. The summed E-state index contributed by atoms with van der Waals surface area (Å²) in [6.07, 6.45) is 0. The van der Waals surface area contributed by atoms with Crippen LogP contribution in [-0.2, 0) is 25.0 Å². The number of nitrogens with one attached hydrogen (secondary N) is 1. The lowest BCUT2D eigenvalue weighted by Crippen LogP contribution is -2.43. The van der Waals surface area contributed by atoms with Crippen molar-refractivity contribution < 1.29 is 21.6 Å². The molecular weight excluding hydrogens is 386 g/mol. The number of rotatable bonds is 4. The SMILES string of the molecule is NS(=O)(=O)c1ccc(NS(=O)(=O)N2CCOCC2)c(Br)c1. The van der Waals surface area contributed by atoms with Crippen LogP contribution in [-0.4, -0.2) is 47.4 Å². The van der Waals surface area contributed by atoms with Gasteiger partial charge in [-0.1, -0.05) is 0 Å². The third-order valence-electron chi connectivity index (χ3n) is 2.82. The number of nitrogens with two attached hydrogens (primary N) is 1. The van der Waals surface area contributed by atoms with Gasteiger partial charge < -0.3 is 4.74 Å². The molecule has 0 aliphatic carbocycles. The monoisotopic (exact) mass is 399 g/mol. The number of halogens is 1. The van der Waals surface area contributed by atoms with Crippen LogP contribution in [0.15, 0.2) is 27.6 Å². The van der Waals surface area contributed by atoms with Gasteiger partial charge in [-0.15, -0.1) is 0 Å². The molecule has 1 aromatic carbocycles. The molecule has 2 rings (SSSR count). The summed E-state index contributed by atoms with van der Waals surface area (Å²) in [5, 5.41) is 5.01. The highest BCUT2D eigenvalue weighted by molar-refractivity contribution is 9.10. The molecule has 1 aromatic rings. The van der Waals surface area contributed by atoms with Gasteiger partial charge in [-0.05, 0) is 34.1 Å². The largest absolute Gasteiger partial charge is 0.379 e. The fraction of sp³-hybridized carbons (Fsp3) is 0.400. The summed E-state index contributed by atoms with van der Waals surface area (Å²) in [5.74, 6) is 0. The van der Waals surface area contributed by atoms with Crippen LogP contribution in [0, 0.1) is 0 Å². The maximum absolute atomic E-state index is 12.2. The molecule has 1 aliphatic rings. The summed E-state index contributed by atoms with van der Waals surface area (Å²) in [7, 11) is -7.56. The molecule has 0 radical (unpaired) electrons. The third-order valence-corrected chi connectivity index (χ3v) is 5.91. The topological polar surface area (TPSA) is 119 Å². The molecule has 3 N–H and O–H groups in total. The van der Waals surface area contributed by atoms with E-state index in [1.807, 2.05) is 0 Å². The number of anilines is 1. The van der Waals surface area contributed by atoms with Crippen molar-refractivity contribution in [2.45, 2.75) is 4.90 Å². The first-order valence-corrected chi connectivity index (χ1v) is 9.66. The maximum atomic E-state index is 12.2. The van der Waals surface area contributed by atoms with Gasteiger partial charge in [0, 0.05) is 17.6 Å². The van der Waals surface area contributed by atoms with E-state index in [-0.39, 0.29) is 28.1 Å². The van der Waals surface area contributed by atoms with Gasteiger partial charge in [0.1, 0.15) is 0 Å². The molecule has 1 fully saturated rings. The number of benzene rings is 1. The molecule has 0 bridgehead atoms. The molecule has 0 spiro atoms. The Morgan fingerprint density at radius 3 is 2.33 bits per heavy atom. The van der Waals surface area contributed by atoms with Crippen molar-refractivity contribution in [1.82, 2.24) is 4.31 Å². The van der Waals surface area contributed by atoms with Crippen molar-refractivity contribution in [3.63, 3.8) is 0 Å². The third kappa shape index (κ3) is 4.14. The Balaban J connectivity index is 2.23. The molecule has 8 nitrogen and oxygen atoms in total. The quantitative estimate of drug-likeness (QED) is 0.742. The van der Waals surface area contributed by atoms with Crippen LogP contribution in [0.25, 0.3) is 0 Å². The maximum Gasteiger partial charge on any atom is 0.301 e. The lowest BCUT2D eigenvalue weighted by atomic mass is 10.3. The molecule has 1 heterocycles. The van der Waals surface area contributed by atoms with E-state index in [1.165, 1.54) is 22.5 Å². The normalized spacial score (nSPS) is 17.6. The molecule has 0 aromatic heterocycles. The molecular formula is C10H14BrN3O5S2. The van der Waals surface area contributed by atoms with Crippen LogP contribution in [0.3, 0.4) is 0 Å². The minimum absolute atomic E-state index is 0.108. The van der Waals surface area contributed by atoms with Crippen molar-refractivity contribution in [3.05, 3.63) is 22.7 Å². The Bertz CT molecular complexity index is 729. The molecule has 0 unspecified atom stereocenters. The van der Waals surface area contributed by atoms with E-state index in [1.54, 1.807) is 0 Å². The Morgan fingerprint density at radius 2 is 1.81 bits per heavy atom. The number of hydrogen-bond acceptors (Lipinski definition) is 5. The lowest BCUT2D eigenvalue weighted by molar-refractivity contribution is 0.0733. The van der Waals surface area contributed by atoms with E-state index in [4.69, 9.17) is 9.88 Å². The predicted molar refractivity (Wildman–Crippen MR) is 80.4 cm³/mol.